The third-order valence-corrected chi connectivity index (χ3v) is 8.91. The molecule has 2 aliphatic rings. The lowest BCUT2D eigenvalue weighted by Gasteiger charge is -2.33. The molecule has 0 bridgehead atoms. The molecule has 2 aromatic rings. The van der Waals surface area contributed by atoms with Crippen molar-refractivity contribution in [1.29, 1.82) is 0 Å². The molecule has 3 heterocycles. The van der Waals surface area contributed by atoms with Gasteiger partial charge in [-0.15, -0.1) is 0 Å². The van der Waals surface area contributed by atoms with Crippen LogP contribution < -0.4 is 0 Å². The number of piperidine rings is 1. The van der Waals surface area contributed by atoms with Crippen LogP contribution in [0.3, 0.4) is 0 Å². The van der Waals surface area contributed by atoms with Crippen LogP contribution in [0.2, 0.25) is 0 Å². The Bertz CT molecular complexity index is 1040. The fraction of sp³-hybridized carbons (Fsp3) is 0.667. The first-order valence-electron chi connectivity index (χ1n) is 11.1. The van der Waals surface area contributed by atoms with Crippen LogP contribution in [0.25, 0.3) is 0 Å². The van der Waals surface area contributed by atoms with Crippen molar-refractivity contribution >= 4 is 15.9 Å². The quantitative estimate of drug-likeness (QED) is 0.756. The number of hydrogen-bond donors (Lipinski definition) is 1. The van der Waals surface area contributed by atoms with E-state index in [2.05, 4.69) is 15.3 Å². The van der Waals surface area contributed by atoms with Gasteiger partial charge in [-0.2, -0.15) is 14.5 Å². The third kappa shape index (κ3) is 4.15. The molecule has 1 saturated heterocycles. The van der Waals surface area contributed by atoms with E-state index in [0.717, 1.165) is 44.2 Å². The lowest BCUT2D eigenvalue weighted by molar-refractivity contribution is 0.0694. The first kappa shape index (κ1) is 22.0. The number of aromatic nitrogens is 4. The first-order valence-corrected chi connectivity index (χ1v) is 12.5. The molecule has 0 unspecified atom stereocenters. The van der Waals surface area contributed by atoms with Crippen molar-refractivity contribution in [3.8, 4) is 0 Å². The van der Waals surface area contributed by atoms with Crippen LogP contribution in [-0.4, -0.2) is 69.7 Å². The summed E-state index contributed by atoms with van der Waals surface area (Å²) >= 11 is 0. The molecule has 170 valence electrons. The SMILES string of the molecule is Cc1c(S(=O)(=O)N2CCC[C@H](c3[nH]ncc3C(=O)N(C)C3CCCCC3)C2)cnn1C. The summed E-state index contributed by atoms with van der Waals surface area (Å²) < 4.78 is 29.6. The second kappa shape index (κ2) is 8.74. The average molecular weight is 449 g/mol. The van der Waals surface area contributed by atoms with Crippen LogP contribution in [-0.2, 0) is 17.1 Å². The van der Waals surface area contributed by atoms with Gasteiger partial charge in [-0.25, -0.2) is 8.42 Å². The molecule has 1 N–H and O–H groups in total. The van der Waals surface area contributed by atoms with Crippen LogP contribution >= 0.6 is 0 Å². The van der Waals surface area contributed by atoms with Gasteiger partial charge in [0.25, 0.3) is 5.91 Å². The van der Waals surface area contributed by atoms with Gasteiger partial charge in [0.2, 0.25) is 10.0 Å². The number of aryl methyl sites for hydroxylation is 1. The van der Waals surface area contributed by atoms with Crippen molar-refractivity contribution < 1.29 is 13.2 Å². The molecule has 2 aromatic heterocycles. The molecule has 1 aliphatic heterocycles. The zero-order chi connectivity index (χ0) is 22.2. The van der Waals surface area contributed by atoms with Gasteiger partial charge in [0.05, 0.1) is 29.3 Å². The van der Waals surface area contributed by atoms with Crippen LogP contribution in [0.15, 0.2) is 17.3 Å². The fourth-order valence-corrected chi connectivity index (χ4v) is 6.58. The molecule has 9 nitrogen and oxygen atoms in total. The second-order valence-corrected chi connectivity index (χ2v) is 10.7. The minimum atomic E-state index is -3.64. The van der Waals surface area contributed by atoms with Crippen molar-refractivity contribution in [2.75, 3.05) is 20.1 Å². The highest BCUT2D eigenvalue weighted by molar-refractivity contribution is 7.89. The highest BCUT2D eigenvalue weighted by Crippen LogP contribution is 2.32. The molecular weight excluding hydrogens is 416 g/mol. The van der Waals surface area contributed by atoms with Gasteiger partial charge in [-0.3, -0.25) is 14.6 Å². The van der Waals surface area contributed by atoms with E-state index in [1.807, 2.05) is 11.9 Å². The van der Waals surface area contributed by atoms with Gasteiger partial charge in [-0.05, 0) is 32.6 Å². The van der Waals surface area contributed by atoms with Crippen LogP contribution in [0.4, 0.5) is 0 Å². The third-order valence-electron chi connectivity index (χ3n) is 6.94. The molecular formula is C21H32N6O3S. The Labute approximate surface area is 183 Å². The van der Waals surface area contributed by atoms with Crippen LogP contribution in [0, 0.1) is 6.92 Å². The van der Waals surface area contributed by atoms with E-state index in [4.69, 9.17) is 0 Å². The number of carbonyl (C=O) groups excluding carboxylic acids is 1. The summed E-state index contributed by atoms with van der Waals surface area (Å²) in [5, 5.41) is 11.3. The molecule has 31 heavy (non-hydrogen) atoms. The van der Waals surface area contributed by atoms with E-state index in [0.29, 0.717) is 24.3 Å². The molecule has 1 aliphatic carbocycles. The molecule has 4 rings (SSSR count). The Morgan fingerprint density at radius 3 is 2.58 bits per heavy atom. The number of aromatic amines is 1. The number of rotatable bonds is 5. The van der Waals surface area contributed by atoms with Crippen molar-refractivity contribution in [3.05, 3.63) is 29.3 Å². The number of nitrogens with zero attached hydrogens (tertiary/aromatic N) is 5. The average Bonchev–Trinajstić information content (AvgIpc) is 3.41. The fourth-order valence-electron chi connectivity index (χ4n) is 4.87. The smallest absolute Gasteiger partial charge is 0.257 e. The van der Waals surface area contributed by atoms with Crippen molar-refractivity contribution in [1.82, 2.24) is 29.2 Å². The predicted octanol–water partition coefficient (Wildman–Crippen LogP) is 2.42. The molecule has 1 amide bonds. The highest BCUT2D eigenvalue weighted by Gasteiger charge is 2.35. The number of nitrogens with one attached hydrogen (secondary N) is 1. The van der Waals surface area contributed by atoms with Gasteiger partial charge in [0, 0.05) is 39.1 Å². The minimum Gasteiger partial charge on any atom is -0.339 e. The summed E-state index contributed by atoms with van der Waals surface area (Å²) in [5.41, 5.74) is 1.93. The molecule has 1 atom stereocenters. The maximum absolute atomic E-state index is 13.2. The van der Waals surface area contributed by atoms with E-state index in [1.165, 1.54) is 16.9 Å². The molecule has 0 spiro atoms. The normalized spacial score (nSPS) is 21.3. The van der Waals surface area contributed by atoms with Crippen molar-refractivity contribution in [2.24, 2.45) is 7.05 Å². The summed E-state index contributed by atoms with van der Waals surface area (Å²) in [5.74, 6) is -0.125. The van der Waals surface area contributed by atoms with Gasteiger partial charge in [-0.1, -0.05) is 19.3 Å². The lowest BCUT2D eigenvalue weighted by atomic mass is 9.92. The Hall–Kier alpha value is -2.20. The summed E-state index contributed by atoms with van der Waals surface area (Å²) in [6.07, 6.45) is 10.2. The molecule has 10 heteroatoms. The van der Waals surface area contributed by atoms with Gasteiger partial charge < -0.3 is 4.90 Å². The number of hydrogen-bond acceptors (Lipinski definition) is 5. The van der Waals surface area contributed by atoms with E-state index < -0.39 is 10.0 Å². The van der Waals surface area contributed by atoms with Crippen molar-refractivity contribution in [2.45, 2.75) is 68.7 Å². The maximum atomic E-state index is 13.2. The van der Waals surface area contributed by atoms with Gasteiger partial charge >= 0.3 is 0 Å². The molecule has 1 saturated carbocycles. The topological polar surface area (TPSA) is 104 Å². The van der Waals surface area contributed by atoms with E-state index >= 15 is 0 Å². The maximum Gasteiger partial charge on any atom is 0.257 e. The first-order chi connectivity index (χ1) is 14.8. The second-order valence-electron chi connectivity index (χ2n) is 8.83. The van der Waals surface area contributed by atoms with E-state index in [9.17, 15) is 13.2 Å². The standard InChI is InChI=1S/C21H32N6O3S/c1-15-19(13-23-26(15)3)31(29,30)27-11-7-8-16(14-27)20-18(12-22-24-20)21(28)25(2)17-9-5-4-6-10-17/h12-13,16-17H,4-11,14H2,1-3H3,(H,22,24)/t16-/m0/s1. The number of carbonyl (C=O) groups is 1. The zero-order valence-electron chi connectivity index (χ0n) is 18.5. The largest absolute Gasteiger partial charge is 0.339 e. The minimum absolute atomic E-state index is 0.0289. The zero-order valence-corrected chi connectivity index (χ0v) is 19.4. The number of H-pyrrole nitrogens is 1. The monoisotopic (exact) mass is 448 g/mol. The Morgan fingerprint density at radius 1 is 1.16 bits per heavy atom. The lowest BCUT2D eigenvalue weighted by Crippen LogP contribution is -2.41. The Morgan fingerprint density at radius 2 is 1.90 bits per heavy atom. The summed E-state index contributed by atoms with van der Waals surface area (Å²) in [7, 11) is -0.0343. The Balaban J connectivity index is 1.54. The highest BCUT2D eigenvalue weighted by atomic mass is 32.2. The molecule has 0 aromatic carbocycles. The Kier molecular flexibility index (Phi) is 6.20. The summed E-state index contributed by atoms with van der Waals surface area (Å²) in [6.45, 7) is 2.55. The molecule has 2 fully saturated rings. The van der Waals surface area contributed by atoms with Gasteiger partial charge in [0.1, 0.15) is 4.90 Å². The van der Waals surface area contributed by atoms with Crippen LogP contribution in [0.1, 0.15) is 72.6 Å². The van der Waals surface area contributed by atoms with Crippen LogP contribution in [0.5, 0.6) is 0 Å². The summed E-state index contributed by atoms with van der Waals surface area (Å²) in [4.78, 5) is 15.3. The van der Waals surface area contributed by atoms with E-state index in [1.54, 1.807) is 24.9 Å². The number of sulfonamides is 1. The van der Waals surface area contributed by atoms with Crippen molar-refractivity contribution in [3.63, 3.8) is 0 Å². The number of amides is 1. The summed E-state index contributed by atoms with van der Waals surface area (Å²) in [6, 6.07) is 0.265. The predicted molar refractivity (Wildman–Crippen MR) is 116 cm³/mol. The van der Waals surface area contributed by atoms with Gasteiger partial charge in [0.15, 0.2) is 0 Å². The molecule has 0 radical (unpaired) electrons. The van der Waals surface area contributed by atoms with E-state index in [-0.39, 0.29) is 22.8 Å².